The van der Waals surface area contributed by atoms with Gasteiger partial charge in [0.2, 0.25) is 5.91 Å². The molecule has 0 bridgehead atoms. The second kappa shape index (κ2) is 6.25. The van der Waals surface area contributed by atoms with Gasteiger partial charge in [-0.15, -0.1) is 11.3 Å². The van der Waals surface area contributed by atoms with Crippen LogP contribution in [0.4, 0.5) is 0 Å². The summed E-state index contributed by atoms with van der Waals surface area (Å²) in [6, 6.07) is 3.68. The van der Waals surface area contributed by atoms with E-state index in [4.69, 9.17) is 5.73 Å². The summed E-state index contributed by atoms with van der Waals surface area (Å²) in [5.41, 5.74) is 6.73. The van der Waals surface area contributed by atoms with Gasteiger partial charge in [0.1, 0.15) is 5.69 Å². The summed E-state index contributed by atoms with van der Waals surface area (Å²) in [6.07, 6.45) is 3.35. The standard InChI is InChI=1S/C15H16N6OS/c1-9(2)15-18-11(8-23-15)14-19-13(6-12(16)22)20-21(14)10-4-3-5-17-7-10/h3-5,7-9H,6H2,1-2H3,(H2,16,22). The fourth-order valence-corrected chi connectivity index (χ4v) is 2.88. The Morgan fingerprint density at radius 1 is 1.39 bits per heavy atom. The zero-order valence-electron chi connectivity index (χ0n) is 12.8. The Bertz CT molecular complexity index is 824. The SMILES string of the molecule is CC(C)c1nc(-c2nc(CC(N)=O)nn2-c2cccnc2)cs1. The Morgan fingerprint density at radius 2 is 2.22 bits per heavy atom. The average molecular weight is 328 g/mol. The van der Waals surface area contributed by atoms with E-state index >= 15 is 0 Å². The molecule has 3 aromatic rings. The Kier molecular flexibility index (Phi) is 4.16. The van der Waals surface area contributed by atoms with Gasteiger partial charge in [-0.05, 0) is 12.1 Å². The summed E-state index contributed by atoms with van der Waals surface area (Å²) in [7, 11) is 0. The number of thiazole rings is 1. The van der Waals surface area contributed by atoms with Gasteiger partial charge in [-0.1, -0.05) is 13.8 Å². The minimum Gasteiger partial charge on any atom is -0.369 e. The Balaban J connectivity index is 2.09. The fourth-order valence-electron chi connectivity index (χ4n) is 2.07. The Morgan fingerprint density at radius 3 is 2.83 bits per heavy atom. The van der Waals surface area contributed by atoms with Crippen molar-refractivity contribution in [2.45, 2.75) is 26.2 Å². The molecule has 0 saturated heterocycles. The lowest BCUT2D eigenvalue weighted by Gasteiger charge is -2.03. The van der Waals surface area contributed by atoms with Crippen LogP contribution >= 0.6 is 11.3 Å². The van der Waals surface area contributed by atoms with Crippen LogP contribution in [0.25, 0.3) is 17.2 Å². The van der Waals surface area contributed by atoms with Crippen LogP contribution in [0.5, 0.6) is 0 Å². The van der Waals surface area contributed by atoms with Crippen molar-refractivity contribution in [2.75, 3.05) is 0 Å². The molecule has 0 aliphatic carbocycles. The molecule has 23 heavy (non-hydrogen) atoms. The molecule has 0 unspecified atom stereocenters. The number of primary amides is 1. The molecule has 0 aliphatic rings. The third-order valence-electron chi connectivity index (χ3n) is 3.12. The van der Waals surface area contributed by atoms with Crippen LogP contribution in [0.2, 0.25) is 0 Å². The molecule has 118 valence electrons. The highest BCUT2D eigenvalue weighted by Gasteiger charge is 2.18. The predicted octanol–water partition coefficient (Wildman–Crippen LogP) is 1.94. The topological polar surface area (TPSA) is 99.6 Å². The van der Waals surface area contributed by atoms with E-state index in [9.17, 15) is 4.79 Å². The number of nitrogens with two attached hydrogens (primary N) is 1. The quantitative estimate of drug-likeness (QED) is 0.771. The summed E-state index contributed by atoms with van der Waals surface area (Å²) in [6.45, 7) is 4.18. The summed E-state index contributed by atoms with van der Waals surface area (Å²) in [4.78, 5) is 24.3. The maximum atomic E-state index is 11.2. The van der Waals surface area contributed by atoms with E-state index in [0.29, 0.717) is 17.6 Å². The van der Waals surface area contributed by atoms with Crippen LogP contribution in [0.1, 0.15) is 30.6 Å². The van der Waals surface area contributed by atoms with Crippen molar-refractivity contribution in [2.24, 2.45) is 5.73 Å². The number of rotatable bonds is 5. The van der Waals surface area contributed by atoms with Crippen molar-refractivity contribution in [3.63, 3.8) is 0 Å². The van der Waals surface area contributed by atoms with Crippen molar-refractivity contribution in [3.8, 4) is 17.2 Å². The minimum atomic E-state index is -0.471. The summed E-state index contributed by atoms with van der Waals surface area (Å²) >= 11 is 1.58. The van der Waals surface area contributed by atoms with Crippen molar-refractivity contribution < 1.29 is 4.79 Å². The Hall–Kier alpha value is -2.61. The van der Waals surface area contributed by atoms with Crippen LogP contribution in [-0.4, -0.2) is 30.6 Å². The van der Waals surface area contributed by atoms with Gasteiger partial charge in [0.15, 0.2) is 11.6 Å². The predicted molar refractivity (Wildman–Crippen MR) is 87.2 cm³/mol. The van der Waals surface area contributed by atoms with E-state index in [-0.39, 0.29) is 6.42 Å². The zero-order chi connectivity index (χ0) is 16.4. The second-order valence-electron chi connectivity index (χ2n) is 5.34. The van der Waals surface area contributed by atoms with Crippen LogP contribution in [0.15, 0.2) is 29.9 Å². The monoisotopic (exact) mass is 328 g/mol. The first kappa shape index (κ1) is 15.3. The molecule has 3 heterocycles. The van der Waals surface area contributed by atoms with Gasteiger partial charge in [-0.2, -0.15) is 5.10 Å². The van der Waals surface area contributed by atoms with Crippen molar-refractivity contribution in [3.05, 3.63) is 40.7 Å². The third kappa shape index (κ3) is 3.26. The molecule has 0 aromatic carbocycles. The van der Waals surface area contributed by atoms with Gasteiger partial charge in [0.05, 0.1) is 23.3 Å². The van der Waals surface area contributed by atoms with E-state index < -0.39 is 5.91 Å². The highest BCUT2D eigenvalue weighted by molar-refractivity contribution is 7.10. The van der Waals surface area contributed by atoms with E-state index in [0.717, 1.165) is 16.4 Å². The number of pyridine rings is 1. The fraction of sp³-hybridized carbons (Fsp3) is 0.267. The maximum Gasteiger partial charge on any atom is 0.225 e. The molecule has 0 fully saturated rings. The molecule has 0 radical (unpaired) electrons. The highest BCUT2D eigenvalue weighted by atomic mass is 32.1. The van der Waals surface area contributed by atoms with E-state index in [1.165, 1.54) is 0 Å². The number of carbonyl (C=O) groups excluding carboxylic acids is 1. The first-order valence-corrected chi connectivity index (χ1v) is 8.03. The third-order valence-corrected chi connectivity index (χ3v) is 4.26. The highest BCUT2D eigenvalue weighted by Crippen LogP contribution is 2.26. The van der Waals surface area contributed by atoms with Crippen molar-refractivity contribution in [1.82, 2.24) is 24.7 Å². The number of hydrogen-bond acceptors (Lipinski definition) is 6. The number of aromatic nitrogens is 5. The molecule has 3 aromatic heterocycles. The van der Waals surface area contributed by atoms with E-state index in [2.05, 4.69) is 33.9 Å². The normalized spacial score (nSPS) is 11.1. The lowest BCUT2D eigenvalue weighted by atomic mass is 10.2. The molecule has 2 N–H and O–H groups in total. The molecule has 0 saturated carbocycles. The number of carbonyl (C=O) groups is 1. The Labute approximate surface area is 137 Å². The molecular weight excluding hydrogens is 312 g/mol. The van der Waals surface area contributed by atoms with Crippen LogP contribution in [0.3, 0.4) is 0 Å². The van der Waals surface area contributed by atoms with Crippen LogP contribution in [-0.2, 0) is 11.2 Å². The summed E-state index contributed by atoms with van der Waals surface area (Å²) in [5.74, 6) is 0.822. The van der Waals surface area contributed by atoms with Gasteiger partial charge in [0.25, 0.3) is 0 Å². The molecule has 1 amide bonds. The lowest BCUT2D eigenvalue weighted by Crippen LogP contribution is -2.14. The van der Waals surface area contributed by atoms with E-state index in [1.807, 2.05) is 17.5 Å². The molecule has 0 atom stereocenters. The van der Waals surface area contributed by atoms with Gasteiger partial charge in [0, 0.05) is 17.5 Å². The molecule has 0 aliphatic heterocycles. The average Bonchev–Trinajstić information content (AvgIpc) is 3.14. The van der Waals surface area contributed by atoms with Gasteiger partial charge in [-0.25, -0.2) is 14.6 Å². The summed E-state index contributed by atoms with van der Waals surface area (Å²) < 4.78 is 1.64. The molecule has 7 nitrogen and oxygen atoms in total. The first-order chi connectivity index (χ1) is 11.0. The van der Waals surface area contributed by atoms with Crippen LogP contribution < -0.4 is 5.73 Å². The van der Waals surface area contributed by atoms with Gasteiger partial charge in [-0.3, -0.25) is 9.78 Å². The molecule has 0 spiro atoms. The molecule has 3 rings (SSSR count). The molecule has 8 heteroatoms. The van der Waals surface area contributed by atoms with Crippen molar-refractivity contribution >= 4 is 17.2 Å². The largest absolute Gasteiger partial charge is 0.369 e. The van der Waals surface area contributed by atoms with Crippen LogP contribution in [0, 0.1) is 0 Å². The number of hydrogen-bond donors (Lipinski definition) is 1. The van der Waals surface area contributed by atoms with Gasteiger partial charge < -0.3 is 5.73 Å². The van der Waals surface area contributed by atoms with Gasteiger partial charge >= 0.3 is 0 Å². The minimum absolute atomic E-state index is 0.0125. The maximum absolute atomic E-state index is 11.2. The smallest absolute Gasteiger partial charge is 0.225 e. The molecular formula is C15H16N6OS. The number of nitrogens with zero attached hydrogens (tertiary/aromatic N) is 5. The zero-order valence-corrected chi connectivity index (χ0v) is 13.6. The second-order valence-corrected chi connectivity index (χ2v) is 6.23. The number of amides is 1. The first-order valence-electron chi connectivity index (χ1n) is 7.15. The van der Waals surface area contributed by atoms with Crippen molar-refractivity contribution in [1.29, 1.82) is 0 Å². The van der Waals surface area contributed by atoms with E-state index in [1.54, 1.807) is 28.4 Å². The lowest BCUT2D eigenvalue weighted by molar-refractivity contribution is -0.117. The summed E-state index contributed by atoms with van der Waals surface area (Å²) in [5, 5.41) is 7.35.